The Labute approximate surface area is 81.7 Å². The van der Waals surface area contributed by atoms with Crippen molar-refractivity contribution in [1.82, 2.24) is 9.80 Å². The standard InChI is InChI=1S/C7H12ClN3O2/c1-5-9(2)6(4-8)7(10(5)3)11(12)13/h5H,4H2,1-3H3. The van der Waals surface area contributed by atoms with E-state index < -0.39 is 4.92 Å². The maximum absolute atomic E-state index is 10.7. The van der Waals surface area contributed by atoms with E-state index in [4.69, 9.17) is 11.6 Å². The van der Waals surface area contributed by atoms with E-state index in [0.717, 1.165) is 0 Å². The number of rotatable bonds is 2. The van der Waals surface area contributed by atoms with Crippen molar-refractivity contribution in [1.29, 1.82) is 0 Å². The molecular formula is C7H12ClN3O2. The quantitative estimate of drug-likeness (QED) is 0.382. The second kappa shape index (κ2) is 3.41. The Bertz CT molecular complexity index is 266. The normalized spacial score (nSPS) is 22.9. The van der Waals surface area contributed by atoms with Crippen molar-refractivity contribution in [2.45, 2.75) is 13.1 Å². The summed E-state index contributed by atoms with van der Waals surface area (Å²) >= 11 is 5.64. The molecule has 1 heterocycles. The molecule has 0 radical (unpaired) electrons. The highest BCUT2D eigenvalue weighted by molar-refractivity contribution is 6.19. The minimum Gasteiger partial charge on any atom is -0.358 e. The van der Waals surface area contributed by atoms with Crippen molar-refractivity contribution in [3.63, 3.8) is 0 Å². The summed E-state index contributed by atoms with van der Waals surface area (Å²) < 4.78 is 0. The van der Waals surface area contributed by atoms with Crippen molar-refractivity contribution in [2.75, 3.05) is 20.0 Å². The third-order valence-electron chi connectivity index (χ3n) is 2.44. The zero-order valence-electron chi connectivity index (χ0n) is 7.82. The van der Waals surface area contributed by atoms with Crippen LogP contribution < -0.4 is 0 Å². The second-order valence-electron chi connectivity index (χ2n) is 3.01. The van der Waals surface area contributed by atoms with Gasteiger partial charge in [0.1, 0.15) is 5.70 Å². The predicted molar refractivity (Wildman–Crippen MR) is 49.7 cm³/mol. The third kappa shape index (κ3) is 1.44. The first kappa shape index (κ1) is 10.1. The zero-order chi connectivity index (χ0) is 10.2. The fraction of sp³-hybridized carbons (Fsp3) is 0.714. The van der Waals surface area contributed by atoms with E-state index in [2.05, 4.69) is 0 Å². The minimum atomic E-state index is -0.391. The summed E-state index contributed by atoms with van der Waals surface area (Å²) in [5.41, 5.74) is 0.571. The van der Waals surface area contributed by atoms with Crippen LogP contribution in [-0.4, -0.2) is 40.9 Å². The van der Waals surface area contributed by atoms with Gasteiger partial charge in [-0.15, -0.1) is 11.6 Å². The maximum atomic E-state index is 10.7. The van der Waals surface area contributed by atoms with E-state index in [1.54, 1.807) is 19.0 Å². The molecule has 0 aromatic heterocycles. The van der Waals surface area contributed by atoms with E-state index >= 15 is 0 Å². The summed E-state index contributed by atoms with van der Waals surface area (Å²) in [6.07, 6.45) is -0.00542. The van der Waals surface area contributed by atoms with Gasteiger partial charge < -0.3 is 15.0 Å². The van der Waals surface area contributed by atoms with Gasteiger partial charge in [-0.2, -0.15) is 0 Å². The molecule has 5 nitrogen and oxygen atoms in total. The van der Waals surface area contributed by atoms with Gasteiger partial charge >= 0.3 is 5.82 Å². The second-order valence-corrected chi connectivity index (χ2v) is 3.28. The summed E-state index contributed by atoms with van der Waals surface area (Å²) in [6.45, 7) is 1.89. The molecule has 6 heteroatoms. The van der Waals surface area contributed by atoms with Crippen molar-refractivity contribution >= 4 is 11.6 Å². The molecule has 0 saturated heterocycles. The Kier molecular flexibility index (Phi) is 2.66. The minimum absolute atomic E-state index is 0.00542. The Morgan fingerprint density at radius 3 is 2.38 bits per heavy atom. The molecule has 0 aromatic carbocycles. The number of allylic oxidation sites excluding steroid dienone is 1. The number of nitrogens with zero attached hydrogens (tertiary/aromatic N) is 3. The van der Waals surface area contributed by atoms with E-state index in [9.17, 15) is 10.1 Å². The van der Waals surface area contributed by atoms with Crippen molar-refractivity contribution < 1.29 is 4.92 Å². The summed E-state index contributed by atoms with van der Waals surface area (Å²) in [5, 5.41) is 10.7. The van der Waals surface area contributed by atoms with Crippen LogP contribution in [0.2, 0.25) is 0 Å². The smallest absolute Gasteiger partial charge is 0.340 e. The van der Waals surface area contributed by atoms with Crippen LogP contribution in [0.25, 0.3) is 0 Å². The number of hydrogen-bond acceptors (Lipinski definition) is 4. The molecule has 0 spiro atoms. The largest absolute Gasteiger partial charge is 0.358 e. The molecule has 0 fully saturated rings. The summed E-state index contributed by atoms with van der Waals surface area (Å²) in [4.78, 5) is 13.7. The topological polar surface area (TPSA) is 49.6 Å². The Morgan fingerprint density at radius 2 is 2.08 bits per heavy atom. The molecule has 0 aromatic rings. The fourth-order valence-corrected chi connectivity index (χ4v) is 1.72. The lowest BCUT2D eigenvalue weighted by Crippen LogP contribution is -2.34. The first-order valence-corrected chi connectivity index (χ1v) is 4.43. The molecular weight excluding hydrogens is 194 g/mol. The molecule has 0 bridgehead atoms. The fourth-order valence-electron chi connectivity index (χ4n) is 1.41. The Hall–Kier alpha value is -0.970. The van der Waals surface area contributed by atoms with Gasteiger partial charge in [-0.05, 0) is 11.8 Å². The molecule has 13 heavy (non-hydrogen) atoms. The number of alkyl halides is 1. The van der Waals surface area contributed by atoms with Crippen LogP contribution in [-0.2, 0) is 0 Å². The van der Waals surface area contributed by atoms with Gasteiger partial charge in [-0.1, -0.05) is 0 Å². The van der Waals surface area contributed by atoms with Crippen LogP contribution in [0.4, 0.5) is 0 Å². The Morgan fingerprint density at radius 1 is 1.54 bits per heavy atom. The van der Waals surface area contributed by atoms with Gasteiger partial charge in [-0.25, -0.2) is 4.90 Å². The lowest BCUT2D eigenvalue weighted by molar-refractivity contribution is -0.445. The van der Waals surface area contributed by atoms with Crippen molar-refractivity contribution in [3.05, 3.63) is 21.6 Å². The number of nitro groups is 1. The molecule has 1 unspecified atom stereocenters. The van der Waals surface area contributed by atoms with E-state index in [0.29, 0.717) is 5.70 Å². The summed E-state index contributed by atoms with van der Waals surface area (Å²) in [7, 11) is 3.49. The lowest BCUT2D eigenvalue weighted by atomic mass is 10.4. The highest BCUT2D eigenvalue weighted by atomic mass is 35.5. The first-order valence-electron chi connectivity index (χ1n) is 3.89. The van der Waals surface area contributed by atoms with Gasteiger partial charge in [0.25, 0.3) is 0 Å². The predicted octanol–water partition coefficient (Wildman–Crippen LogP) is 0.894. The van der Waals surface area contributed by atoms with E-state index in [-0.39, 0.29) is 17.9 Å². The van der Waals surface area contributed by atoms with Gasteiger partial charge in [-0.3, -0.25) is 0 Å². The van der Waals surface area contributed by atoms with E-state index in [1.807, 2.05) is 11.8 Å². The molecule has 1 rings (SSSR count). The van der Waals surface area contributed by atoms with Crippen LogP contribution in [0.15, 0.2) is 11.5 Å². The van der Waals surface area contributed by atoms with Gasteiger partial charge in [0.05, 0.1) is 12.9 Å². The van der Waals surface area contributed by atoms with Crippen LogP contribution in [0.3, 0.4) is 0 Å². The zero-order valence-corrected chi connectivity index (χ0v) is 8.58. The molecule has 0 aliphatic carbocycles. The van der Waals surface area contributed by atoms with Crippen LogP contribution in [0.5, 0.6) is 0 Å². The molecule has 0 saturated carbocycles. The van der Waals surface area contributed by atoms with Crippen molar-refractivity contribution in [3.8, 4) is 0 Å². The molecule has 0 amide bonds. The molecule has 1 aliphatic heterocycles. The molecule has 0 N–H and O–H groups in total. The molecule has 1 atom stereocenters. The third-order valence-corrected chi connectivity index (χ3v) is 2.69. The first-order chi connectivity index (χ1) is 6.00. The average Bonchev–Trinajstić information content (AvgIpc) is 2.29. The van der Waals surface area contributed by atoms with Crippen LogP contribution in [0, 0.1) is 10.1 Å². The van der Waals surface area contributed by atoms with Gasteiger partial charge in [0.2, 0.25) is 0 Å². The van der Waals surface area contributed by atoms with Gasteiger partial charge in [0.15, 0.2) is 6.17 Å². The SMILES string of the molecule is CC1N(C)C(CCl)=C([N+](=O)[O-])N1C. The average molecular weight is 206 g/mol. The van der Waals surface area contributed by atoms with Crippen LogP contribution in [0.1, 0.15) is 6.92 Å². The van der Waals surface area contributed by atoms with Gasteiger partial charge in [0, 0.05) is 7.05 Å². The van der Waals surface area contributed by atoms with Crippen LogP contribution >= 0.6 is 11.6 Å². The number of halogens is 1. The maximum Gasteiger partial charge on any atom is 0.340 e. The van der Waals surface area contributed by atoms with Crippen molar-refractivity contribution in [2.24, 2.45) is 0 Å². The molecule has 1 aliphatic rings. The monoisotopic (exact) mass is 205 g/mol. The van der Waals surface area contributed by atoms with E-state index in [1.165, 1.54) is 0 Å². The highest BCUT2D eigenvalue weighted by Gasteiger charge is 2.38. The highest BCUT2D eigenvalue weighted by Crippen LogP contribution is 2.26. The summed E-state index contributed by atoms with van der Waals surface area (Å²) in [5.74, 6) is 0.270. The molecule has 74 valence electrons. The number of hydrogen-bond donors (Lipinski definition) is 0. The Balaban J connectivity index is 3.09. The summed E-state index contributed by atoms with van der Waals surface area (Å²) in [6, 6.07) is 0. The lowest BCUT2D eigenvalue weighted by Gasteiger charge is -2.19.